The van der Waals surface area contributed by atoms with Gasteiger partial charge in [0, 0.05) is 18.0 Å². The molecule has 0 atom stereocenters. The lowest BCUT2D eigenvalue weighted by Gasteiger charge is -2.26. The van der Waals surface area contributed by atoms with E-state index in [4.69, 9.17) is 4.74 Å². The predicted octanol–water partition coefficient (Wildman–Crippen LogP) is 4.30. The monoisotopic (exact) mass is 488 g/mol. The van der Waals surface area contributed by atoms with Gasteiger partial charge in [0.2, 0.25) is 15.9 Å². The molecular formula is C24H25FN2O4S2. The first-order valence-corrected chi connectivity index (χ1v) is 12.4. The summed E-state index contributed by atoms with van der Waals surface area (Å²) in [7, 11) is -2.45. The molecule has 0 aliphatic carbocycles. The third kappa shape index (κ3) is 6.50. The van der Waals surface area contributed by atoms with Crippen LogP contribution >= 0.6 is 11.3 Å². The summed E-state index contributed by atoms with van der Waals surface area (Å²) >= 11 is 1.50. The van der Waals surface area contributed by atoms with Gasteiger partial charge < -0.3 is 9.64 Å². The minimum Gasteiger partial charge on any atom is -0.497 e. The van der Waals surface area contributed by atoms with Crippen molar-refractivity contribution in [2.45, 2.75) is 18.0 Å². The molecular weight excluding hydrogens is 463 g/mol. The fraction of sp³-hybridized carbons (Fsp3) is 0.208. The Balaban J connectivity index is 1.84. The maximum Gasteiger partial charge on any atom is 0.243 e. The van der Waals surface area contributed by atoms with Gasteiger partial charge in [-0.15, -0.1) is 17.9 Å². The van der Waals surface area contributed by atoms with Crippen molar-refractivity contribution < 1.29 is 22.3 Å². The maximum absolute atomic E-state index is 13.3. The number of benzene rings is 2. The van der Waals surface area contributed by atoms with Crippen molar-refractivity contribution in [3.63, 3.8) is 0 Å². The molecule has 0 saturated heterocycles. The van der Waals surface area contributed by atoms with Gasteiger partial charge in [0.1, 0.15) is 11.6 Å². The van der Waals surface area contributed by atoms with Crippen molar-refractivity contribution >= 4 is 27.3 Å². The highest BCUT2D eigenvalue weighted by molar-refractivity contribution is 7.89. The summed E-state index contributed by atoms with van der Waals surface area (Å²) in [5, 5.41) is 1.91. The largest absolute Gasteiger partial charge is 0.497 e. The highest BCUT2D eigenvalue weighted by Gasteiger charge is 2.28. The molecule has 2 aromatic carbocycles. The molecule has 0 radical (unpaired) electrons. The van der Waals surface area contributed by atoms with E-state index in [1.165, 1.54) is 48.8 Å². The number of halogens is 1. The van der Waals surface area contributed by atoms with E-state index in [9.17, 15) is 17.6 Å². The van der Waals surface area contributed by atoms with E-state index in [1.54, 1.807) is 29.2 Å². The number of methoxy groups -OCH3 is 1. The van der Waals surface area contributed by atoms with Crippen molar-refractivity contribution in [3.05, 3.63) is 95.0 Å². The molecule has 0 aliphatic rings. The zero-order valence-electron chi connectivity index (χ0n) is 18.2. The number of nitrogens with zero attached hydrogens (tertiary/aromatic N) is 2. The van der Waals surface area contributed by atoms with Crippen LogP contribution in [0.25, 0.3) is 0 Å². The number of hydrogen-bond acceptors (Lipinski definition) is 5. The van der Waals surface area contributed by atoms with Gasteiger partial charge in [0.25, 0.3) is 0 Å². The smallest absolute Gasteiger partial charge is 0.243 e. The summed E-state index contributed by atoms with van der Waals surface area (Å²) in [6, 6.07) is 15.7. The van der Waals surface area contributed by atoms with Crippen molar-refractivity contribution in [1.82, 2.24) is 9.21 Å². The Labute approximate surface area is 197 Å². The van der Waals surface area contributed by atoms with E-state index in [1.807, 2.05) is 17.5 Å². The molecule has 33 heavy (non-hydrogen) atoms. The van der Waals surface area contributed by atoms with Crippen molar-refractivity contribution in [3.8, 4) is 5.75 Å². The van der Waals surface area contributed by atoms with Crippen LogP contribution in [0.5, 0.6) is 5.75 Å². The van der Waals surface area contributed by atoms with E-state index in [0.717, 1.165) is 14.7 Å². The second kappa shape index (κ2) is 11.2. The number of hydrogen-bond donors (Lipinski definition) is 0. The van der Waals surface area contributed by atoms with Gasteiger partial charge >= 0.3 is 0 Å². The summed E-state index contributed by atoms with van der Waals surface area (Å²) in [5.41, 5.74) is 0.745. The average Bonchev–Trinajstić information content (AvgIpc) is 3.33. The molecule has 0 saturated carbocycles. The van der Waals surface area contributed by atoms with Gasteiger partial charge in [-0.25, -0.2) is 12.8 Å². The van der Waals surface area contributed by atoms with Crippen LogP contribution in [0.2, 0.25) is 0 Å². The van der Waals surface area contributed by atoms with Gasteiger partial charge in [-0.2, -0.15) is 4.31 Å². The first-order valence-electron chi connectivity index (χ1n) is 10.1. The molecule has 0 bridgehead atoms. The zero-order valence-corrected chi connectivity index (χ0v) is 19.8. The van der Waals surface area contributed by atoms with Crippen LogP contribution in [0.3, 0.4) is 0 Å². The van der Waals surface area contributed by atoms with Crippen LogP contribution in [0.1, 0.15) is 10.4 Å². The lowest BCUT2D eigenvalue weighted by atomic mass is 10.2. The van der Waals surface area contributed by atoms with Gasteiger partial charge in [0.15, 0.2) is 0 Å². The minimum atomic E-state index is -3.95. The molecule has 9 heteroatoms. The summed E-state index contributed by atoms with van der Waals surface area (Å²) in [6.07, 6.45) is 1.44. The molecule has 3 aromatic rings. The van der Waals surface area contributed by atoms with Crippen LogP contribution < -0.4 is 4.74 Å². The number of carbonyl (C=O) groups is 1. The number of ether oxygens (including phenoxy) is 1. The highest BCUT2D eigenvalue weighted by Crippen LogP contribution is 2.21. The second-order valence-electron chi connectivity index (χ2n) is 7.22. The normalized spacial score (nSPS) is 11.4. The van der Waals surface area contributed by atoms with Crippen molar-refractivity contribution in [2.75, 3.05) is 20.2 Å². The summed E-state index contributed by atoms with van der Waals surface area (Å²) in [6.45, 7) is 3.80. The Bertz CT molecular complexity index is 1160. The molecule has 1 amide bonds. The van der Waals surface area contributed by atoms with E-state index < -0.39 is 10.0 Å². The van der Waals surface area contributed by atoms with Crippen molar-refractivity contribution in [1.29, 1.82) is 0 Å². The minimum absolute atomic E-state index is 0.0243. The summed E-state index contributed by atoms with van der Waals surface area (Å²) < 4.78 is 45.9. The van der Waals surface area contributed by atoms with E-state index in [0.29, 0.717) is 12.3 Å². The van der Waals surface area contributed by atoms with E-state index in [2.05, 4.69) is 6.58 Å². The quantitative estimate of drug-likeness (QED) is 0.378. The second-order valence-corrected chi connectivity index (χ2v) is 10.2. The van der Waals surface area contributed by atoms with Gasteiger partial charge in [-0.05, 0) is 53.4 Å². The summed E-state index contributed by atoms with van der Waals surface area (Å²) in [4.78, 5) is 15.9. The molecule has 0 spiro atoms. The number of amides is 1. The molecule has 1 heterocycles. The van der Waals surface area contributed by atoms with E-state index >= 15 is 0 Å². The van der Waals surface area contributed by atoms with Gasteiger partial charge in [-0.3, -0.25) is 4.79 Å². The lowest BCUT2D eigenvalue weighted by molar-refractivity contribution is -0.132. The number of sulfonamides is 1. The SMILES string of the molecule is C=CCN(CC(=O)N(Cc1ccc(F)cc1)Cc1cccs1)S(=O)(=O)c1ccc(OC)cc1. The molecule has 174 valence electrons. The molecule has 6 nitrogen and oxygen atoms in total. The number of carbonyl (C=O) groups excluding carboxylic acids is 1. The van der Waals surface area contributed by atoms with Crippen LogP contribution in [0.15, 0.2) is 83.6 Å². The van der Waals surface area contributed by atoms with Crippen LogP contribution in [-0.2, 0) is 27.9 Å². The number of rotatable bonds is 11. The fourth-order valence-corrected chi connectivity index (χ4v) is 5.25. The zero-order chi connectivity index (χ0) is 23.8. The first-order chi connectivity index (χ1) is 15.8. The summed E-state index contributed by atoms with van der Waals surface area (Å²) in [5.74, 6) is -0.203. The molecule has 0 N–H and O–H groups in total. The molecule has 3 rings (SSSR count). The van der Waals surface area contributed by atoms with E-state index in [-0.39, 0.29) is 36.3 Å². The standard InChI is InChI=1S/C24H25FN2O4S2/c1-3-14-27(33(29,30)23-12-10-21(31-2)11-13-23)18-24(28)26(17-22-5-4-15-32-22)16-19-6-8-20(25)9-7-19/h3-13,15H,1,14,16-18H2,2H3. The average molecular weight is 489 g/mol. The highest BCUT2D eigenvalue weighted by atomic mass is 32.2. The van der Waals surface area contributed by atoms with Gasteiger partial charge in [-0.1, -0.05) is 24.3 Å². The Kier molecular flexibility index (Phi) is 8.37. The topological polar surface area (TPSA) is 66.9 Å². The Morgan fingerprint density at radius 3 is 2.36 bits per heavy atom. The van der Waals surface area contributed by atoms with Crippen LogP contribution in [-0.4, -0.2) is 43.7 Å². The van der Waals surface area contributed by atoms with Crippen molar-refractivity contribution in [2.24, 2.45) is 0 Å². The molecule has 1 aromatic heterocycles. The molecule has 0 unspecified atom stereocenters. The third-order valence-electron chi connectivity index (χ3n) is 4.91. The predicted molar refractivity (Wildman–Crippen MR) is 127 cm³/mol. The molecule has 0 aliphatic heterocycles. The van der Waals surface area contributed by atoms with Gasteiger partial charge in [0.05, 0.1) is 25.1 Å². The fourth-order valence-electron chi connectivity index (χ4n) is 3.17. The number of thiophene rings is 1. The third-order valence-corrected chi connectivity index (χ3v) is 7.59. The lowest BCUT2D eigenvalue weighted by Crippen LogP contribution is -2.42. The Hall–Kier alpha value is -3.01. The Morgan fingerprint density at radius 2 is 1.79 bits per heavy atom. The Morgan fingerprint density at radius 1 is 1.09 bits per heavy atom. The van der Waals surface area contributed by atoms with Crippen LogP contribution in [0, 0.1) is 5.82 Å². The maximum atomic E-state index is 13.3. The first kappa shape index (κ1) is 24.6. The molecule has 0 fully saturated rings. The van der Waals surface area contributed by atoms with Crippen LogP contribution in [0.4, 0.5) is 4.39 Å².